The Kier molecular flexibility index (Phi) is 9.51. The quantitative estimate of drug-likeness (QED) is 0.146. The molecule has 5 rings (SSSR count). The number of ether oxygens (including phenoxy) is 1. The fraction of sp³-hybridized carbons (Fsp3) is 0.133. The summed E-state index contributed by atoms with van der Waals surface area (Å²) in [4.78, 5) is 47.5. The first-order valence-corrected chi connectivity index (χ1v) is 12.9. The third-order valence-electron chi connectivity index (χ3n) is 6.26. The Hall–Kier alpha value is -4.93. The van der Waals surface area contributed by atoms with E-state index in [0.29, 0.717) is 48.7 Å². The molecule has 1 heterocycles. The lowest BCUT2D eigenvalue weighted by atomic mass is 10.0. The molecule has 1 saturated heterocycles. The molecule has 0 spiro atoms. The highest BCUT2D eigenvalue weighted by Gasteiger charge is 2.23. The molecule has 208 valence electrons. The standard InChI is InChI=1S/C17H16N2O4.C13H8ClNO3/c20-17(13-4-2-1-3-5-13)14-6-7-15(16(12-14)19(21)22)18-8-10-23-11-9-18;14-11-7-6-10(8-12(11)15(17)18)13(16)9-4-2-1-3-5-9/h1-7,12H,8-11H2;1-8H. The van der Waals surface area contributed by atoms with Gasteiger partial charge in [0.2, 0.25) is 0 Å². The van der Waals surface area contributed by atoms with Crippen molar-refractivity contribution in [3.63, 3.8) is 0 Å². The highest BCUT2D eigenvalue weighted by Crippen LogP contribution is 2.31. The Balaban J connectivity index is 0.000000195. The van der Waals surface area contributed by atoms with Crippen LogP contribution in [-0.4, -0.2) is 47.7 Å². The fourth-order valence-electron chi connectivity index (χ4n) is 4.19. The number of morpholine rings is 1. The average Bonchev–Trinajstić information content (AvgIpc) is 3.01. The Bertz CT molecular complexity index is 1570. The number of nitrogens with zero attached hydrogens (tertiary/aromatic N) is 3. The monoisotopic (exact) mass is 573 g/mol. The molecule has 4 aromatic carbocycles. The van der Waals surface area contributed by atoms with Crippen molar-refractivity contribution in [2.75, 3.05) is 31.2 Å². The van der Waals surface area contributed by atoms with E-state index in [2.05, 4.69) is 0 Å². The van der Waals surface area contributed by atoms with Gasteiger partial charge in [0, 0.05) is 47.5 Å². The van der Waals surface area contributed by atoms with Gasteiger partial charge in [-0.25, -0.2) is 0 Å². The van der Waals surface area contributed by atoms with Crippen molar-refractivity contribution in [1.82, 2.24) is 0 Å². The maximum Gasteiger partial charge on any atom is 0.293 e. The van der Waals surface area contributed by atoms with Gasteiger partial charge < -0.3 is 9.64 Å². The van der Waals surface area contributed by atoms with Gasteiger partial charge in [-0.05, 0) is 24.3 Å². The minimum Gasteiger partial charge on any atom is -0.378 e. The zero-order valence-corrected chi connectivity index (χ0v) is 22.4. The van der Waals surface area contributed by atoms with E-state index in [1.807, 2.05) is 11.0 Å². The summed E-state index contributed by atoms with van der Waals surface area (Å²) in [6.45, 7) is 2.29. The van der Waals surface area contributed by atoms with Crippen molar-refractivity contribution < 1.29 is 24.2 Å². The molecule has 0 saturated carbocycles. The smallest absolute Gasteiger partial charge is 0.293 e. The number of halogens is 1. The van der Waals surface area contributed by atoms with E-state index in [1.54, 1.807) is 66.7 Å². The van der Waals surface area contributed by atoms with Crippen LogP contribution >= 0.6 is 11.6 Å². The van der Waals surface area contributed by atoms with Crippen molar-refractivity contribution in [2.45, 2.75) is 0 Å². The fourth-order valence-corrected chi connectivity index (χ4v) is 4.38. The van der Waals surface area contributed by atoms with Crippen molar-refractivity contribution >= 4 is 40.2 Å². The molecule has 1 aliphatic rings. The van der Waals surface area contributed by atoms with Crippen LogP contribution in [0.5, 0.6) is 0 Å². The highest BCUT2D eigenvalue weighted by atomic mass is 35.5. The predicted molar refractivity (Wildman–Crippen MR) is 154 cm³/mol. The van der Waals surface area contributed by atoms with Gasteiger partial charge >= 0.3 is 0 Å². The SMILES string of the molecule is O=C(c1ccccc1)c1ccc(Cl)c([N+](=O)[O-])c1.O=C(c1ccccc1)c1ccc(N2CCOCC2)c([N+](=O)[O-])c1. The van der Waals surface area contributed by atoms with E-state index in [9.17, 15) is 29.8 Å². The third-order valence-corrected chi connectivity index (χ3v) is 6.58. The average molecular weight is 574 g/mol. The number of nitro benzene ring substituents is 2. The minimum absolute atomic E-state index is 0.0182. The van der Waals surface area contributed by atoms with Crippen molar-refractivity contribution in [3.8, 4) is 0 Å². The zero-order valence-electron chi connectivity index (χ0n) is 21.6. The van der Waals surface area contributed by atoms with Crippen LogP contribution in [0.4, 0.5) is 17.1 Å². The summed E-state index contributed by atoms with van der Waals surface area (Å²) in [6.07, 6.45) is 0. The molecule has 0 atom stereocenters. The molecule has 0 N–H and O–H groups in total. The van der Waals surface area contributed by atoms with E-state index >= 15 is 0 Å². The summed E-state index contributed by atoms with van der Waals surface area (Å²) in [5, 5.41) is 22.2. The first-order chi connectivity index (χ1) is 19.8. The molecule has 10 nitrogen and oxygen atoms in total. The van der Waals surface area contributed by atoms with Gasteiger partial charge in [-0.15, -0.1) is 0 Å². The Morgan fingerprint density at radius 2 is 1.12 bits per heavy atom. The molecule has 0 amide bonds. The van der Waals surface area contributed by atoms with Gasteiger partial charge in [-0.1, -0.05) is 72.3 Å². The van der Waals surface area contributed by atoms with Crippen LogP contribution in [0.15, 0.2) is 97.1 Å². The highest BCUT2D eigenvalue weighted by molar-refractivity contribution is 6.32. The van der Waals surface area contributed by atoms with Crippen LogP contribution < -0.4 is 4.90 Å². The first-order valence-electron chi connectivity index (χ1n) is 12.5. The summed E-state index contributed by atoms with van der Waals surface area (Å²) < 4.78 is 5.28. The van der Waals surface area contributed by atoms with Gasteiger partial charge in [-0.2, -0.15) is 0 Å². The number of anilines is 1. The van der Waals surface area contributed by atoms with E-state index in [1.165, 1.54) is 24.3 Å². The van der Waals surface area contributed by atoms with Crippen molar-refractivity contribution in [2.24, 2.45) is 0 Å². The predicted octanol–water partition coefficient (Wildman–Crippen LogP) is 6.14. The molecule has 0 unspecified atom stereocenters. The van der Waals surface area contributed by atoms with Crippen LogP contribution in [-0.2, 0) is 4.74 Å². The van der Waals surface area contributed by atoms with Crippen LogP contribution in [0.3, 0.4) is 0 Å². The number of nitro groups is 2. The van der Waals surface area contributed by atoms with Crippen molar-refractivity contribution in [3.05, 3.63) is 145 Å². The third kappa shape index (κ3) is 7.18. The van der Waals surface area contributed by atoms with E-state index in [-0.39, 0.29) is 33.5 Å². The zero-order chi connectivity index (χ0) is 29.4. The summed E-state index contributed by atoms with van der Waals surface area (Å²) in [5.41, 5.74) is 1.78. The molecule has 0 bridgehead atoms. The number of ketones is 2. The lowest BCUT2D eigenvalue weighted by Gasteiger charge is -2.28. The van der Waals surface area contributed by atoms with Gasteiger partial charge in [0.25, 0.3) is 11.4 Å². The Morgan fingerprint density at radius 3 is 1.61 bits per heavy atom. The van der Waals surface area contributed by atoms with Gasteiger partial charge in [0.05, 0.1) is 23.1 Å². The van der Waals surface area contributed by atoms with Crippen LogP contribution in [0.1, 0.15) is 31.8 Å². The molecule has 4 aromatic rings. The molecule has 11 heteroatoms. The summed E-state index contributed by atoms with van der Waals surface area (Å²) in [7, 11) is 0. The van der Waals surface area contributed by atoms with Crippen molar-refractivity contribution in [1.29, 1.82) is 0 Å². The van der Waals surface area contributed by atoms with Gasteiger partial charge in [0.15, 0.2) is 11.6 Å². The van der Waals surface area contributed by atoms with Crippen LogP contribution in [0.2, 0.25) is 5.02 Å². The van der Waals surface area contributed by atoms with E-state index < -0.39 is 9.85 Å². The second-order valence-electron chi connectivity index (χ2n) is 8.87. The summed E-state index contributed by atoms with van der Waals surface area (Å²) in [5.74, 6) is -0.488. The van der Waals surface area contributed by atoms with Crippen LogP contribution in [0, 0.1) is 20.2 Å². The number of hydrogen-bond donors (Lipinski definition) is 0. The number of benzene rings is 4. The normalized spacial score (nSPS) is 12.6. The lowest BCUT2D eigenvalue weighted by Crippen LogP contribution is -2.36. The van der Waals surface area contributed by atoms with E-state index in [0.717, 1.165) is 0 Å². The maximum atomic E-state index is 12.5. The largest absolute Gasteiger partial charge is 0.378 e. The first kappa shape index (κ1) is 29.1. The number of carbonyl (C=O) groups excluding carboxylic acids is 2. The second kappa shape index (κ2) is 13.4. The molecule has 0 aromatic heterocycles. The Morgan fingerprint density at radius 1 is 0.659 bits per heavy atom. The number of hydrogen-bond acceptors (Lipinski definition) is 8. The minimum atomic E-state index is -0.607. The topological polar surface area (TPSA) is 133 Å². The maximum absolute atomic E-state index is 12.5. The molecular formula is C30H24ClN3O7. The second-order valence-corrected chi connectivity index (χ2v) is 9.28. The van der Waals surface area contributed by atoms with Gasteiger partial charge in [0.1, 0.15) is 10.7 Å². The molecule has 0 aliphatic carbocycles. The molecular weight excluding hydrogens is 550 g/mol. The van der Waals surface area contributed by atoms with Gasteiger partial charge in [-0.3, -0.25) is 29.8 Å². The summed E-state index contributed by atoms with van der Waals surface area (Å²) in [6, 6.07) is 26.0. The van der Waals surface area contributed by atoms with E-state index in [4.69, 9.17) is 16.3 Å². The molecule has 1 aliphatic heterocycles. The molecule has 0 radical (unpaired) electrons. The number of rotatable bonds is 7. The lowest BCUT2D eigenvalue weighted by molar-refractivity contribution is -0.384. The molecule has 1 fully saturated rings. The van der Waals surface area contributed by atoms with Crippen LogP contribution in [0.25, 0.3) is 0 Å². The Labute approximate surface area is 240 Å². The molecule has 41 heavy (non-hydrogen) atoms. The summed E-state index contributed by atoms with van der Waals surface area (Å²) >= 11 is 5.69. The number of carbonyl (C=O) groups is 2.